The van der Waals surface area contributed by atoms with Gasteiger partial charge in [-0.05, 0) is 25.2 Å². The van der Waals surface area contributed by atoms with Crippen LogP contribution in [0.15, 0.2) is 0 Å². The Hall–Kier alpha value is -0.630. The zero-order valence-electron chi connectivity index (χ0n) is 10.2. The van der Waals surface area contributed by atoms with Crippen molar-refractivity contribution in [3.05, 3.63) is 0 Å². The minimum absolute atomic E-state index is 0.167. The third kappa shape index (κ3) is 2.79. The van der Waals surface area contributed by atoms with Crippen LogP contribution >= 0.6 is 0 Å². The summed E-state index contributed by atoms with van der Waals surface area (Å²) in [6.45, 7) is 1.44. The fraction of sp³-hybridized carbons (Fsp3) is 0.923. The molecule has 0 amide bonds. The summed E-state index contributed by atoms with van der Waals surface area (Å²) < 4.78 is 10.9. The third-order valence-corrected chi connectivity index (χ3v) is 4.13. The number of nitrogens with zero attached hydrogens (tertiary/aromatic N) is 1. The topological polar surface area (TPSA) is 62.5 Å². The molecule has 1 saturated heterocycles. The van der Waals surface area contributed by atoms with Crippen molar-refractivity contribution >= 4 is 0 Å². The van der Waals surface area contributed by atoms with E-state index in [0.29, 0.717) is 25.6 Å². The van der Waals surface area contributed by atoms with Gasteiger partial charge in [-0.15, -0.1) is 0 Å². The third-order valence-electron chi connectivity index (χ3n) is 4.13. The lowest BCUT2D eigenvalue weighted by Gasteiger charge is -2.39. The fourth-order valence-electron chi connectivity index (χ4n) is 3.17. The highest BCUT2D eigenvalue weighted by Crippen LogP contribution is 2.46. The first kappa shape index (κ1) is 12.8. The summed E-state index contributed by atoms with van der Waals surface area (Å²) >= 11 is 0. The Morgan fingerprint density at radius 3 is 2.71 bits per heavy atom. The van der Waals surface area contributed by atoms with Crippen molar-refractivity contribution in [1.29, 1.82) is 5.26 Å². The first-order valence-electron chi connectivity index (χ1n) is 6.56. The highest BCUT2D eigenvalue weighted by Gasteiger charge is 2.43. The Bertz CT molecular complexity index is 281. The maximum atomic E-state index is 9.56. The summed E-state index contributed by atoms with van der Waals surface area (Å²) in [6.07, 6.45) is 5.39. The van der Waals surface area contributed by atoms with Crippen molar-refractivity contribution in [2.75, 3.05) is 19.8 Å². The summed E-state index contributed by atoms with van der Waals surface area (Å²) in [7, 11) is 0. The van der Waals surface area contributed by atoms with Crippen LogP contribution in [0.4, 0.5) is 0 Å². The minimum atomic E-state index is -0.351. The fourth-order valence-corrected chi connectivity index (χ4v) is 3.17. The van der Waals surface area contributed by atoms with E-state index in [1.807, 2.05) is 0 Å². The van der Waals surface area contributed by atoms with E-state index in [9.17, 15) is 5.26 Å². The molecule has 2 aliphatic rings. The molecular weight excluding hydrogens is 218 g/mol. The lowest BCUT2D eigenvalue weighted by atomic mass is 9.64. The number of rotatable bonds is 4. The lowest BCUT2D eigenvalue weighted by molar-refractivity contribution is -0.0802. The number of aliphatic hydroxyl groups excluding tert-OH is 1. The molecule has 1 aliphatic carbocycles. The molecular formula is C13H21NO3. The summed E-state index contributed by atoms with van der Waals surface area (Å²) in [5, 5.41) is 18.7. The van der Waals surface area contributed by atoms with Gasteiger partial charge in [-0.2, -0.15) is 5.26 Å². The van der Waals surface area contributed by atoms with Gasteiger partial charge in [0.1, 0.15) is 0 Å². The molecule has 0 aromatic carbocycles. The molecule has 2 fully saturated rings. The number of ether oxygens (including phenoxy) is 2. The maximum Gasteiger partial charge on any atom is 0.159 e. The summed E-state index contributed by atoms with van der Waals surface area (Å²) in [4.78, 5) is 0. The largest absolute Gasteiger partial charge is 0.396 e. The predicted molar refractivity (Wildman–Crippen MR) is 62.0 cm³/mol. The van der Waals surface area contributed by atoms with Crippen LogP contribution < -0.4 is 0 Å². The van der Waals surface area contributed by atoms with Gasteiger partial charge in [0.25, 0.3) is 0 Å². The molecule has 1 N–H and O–H groups in total. The molecule has 17 heavy (non-hydrogen) atoms. The van der Waals surface area contributed by atoms with Gasteiger partial charge < -0.3 is 14.6 Å². The first-order chi connectivity index (χ1) is 8.30. The molecule has 96 valence electrons. The molecule has 4 nitrogen and oxygen atoms in total. The van der Waals surface area contributed by atoms with Crippen molar-refractivity contribution in [3.8, 4) is 6.07 Å². The van der Waals surface area contributed by atoms with E-state index in [0.717, 1.165) is 25.7 Å². The zero-order chi connectivity index (χ0) is 12.1. The SMILES string of the molecule is N#CC1(CC2OCCO2)CCCCC1CCO. The Balaban J connectivity index is 2.05. The first-order valence-corrected chi connectivity index (χ1v) is 6.56. The van der Waals surface area contributed by atoms with E-state index in [1.54, 1.807) is 0 Å². The second-order valence-electron chi connectivity index (χ2n) is 5.10. The molecule has 2 rings (SSSR count). The Labute approximate surface area is 103 Å². The van der Waals surface area contributed by atoms with Crippen LogP contribution in [0.25, 0.3) is 0 Å². The van der Waals surface area contributed by atoms with Gasteiger partial charge in [-0.25, -0.2) is 0 Å². The zero-order valence-corrected chi connectivity index (χ0v) is 10.2. The van der Waals surface area contributed by atoms with E-state index < -0.39 is 0 Å². The van der Waals surface area contributed by atoms with Gasteiger partial charge in [-0.1, -0.05) is 12.8 Å². The predicted octanol–water partition coefficient (Wildman–Crippen LogP) is 1.83. The van der Waals surface area contributed by atoms with Crippen LogP contribution in [0.1, 0.15) is 38.5 Å². The molecule has 1 aliphatic heterocycles. The summed E-state index contributed by atoms with van der Waals surface area (Å²) in [5.74, 6) is 0.291. The molecule has 4 heteroatoms. The normalized spacial score (nSPS) is 34.7. The number of nitriles is 1. The molecule has 1 heterocycles. The molecule has 0 aromatic heterocycles. The van der Waals surface area contributed by atoms with Crippen LogP contribution in [-0.2, 0) is 9.47 Å². The highest BCUT2D eigenvalue weighted by molar-refractivity contribution is 5.05. The average molecular weight is 239 g/mol. The van der Waals surface area contributed by atoms with E-state index in [-0.39, 0.29) is 18.3 Å². The van der Waals surface area contributed by atoms with E-state index in [1.165, 1.54) is 6.42 Å². The van der Waals surface area contributed by atoms with E-state index in [4.69, 9.17) is 14.6 Å². The molecule has 0 bridgehead atoms. The van der Waals surface area contributed by atoms with Gasteiger partial charge in [-0.3, -0.25) is 0 Å². The average Bonchev–Trinajstić information content (AvgIpc) is 2.85. The van der Waals surface area contributed by atoms with Gasteiger partial charge in [0.15, 0.2) is 6.29 Å². The Morgan fingerprint density at radius 1 is 1.29 bits per heavy atom. The quantitative estimate of drug-likeness (QED) is 0.813. The standard InChI is InChI=1S/C13H21NO3/c14-10-13(9-12-16-7-8-17-12)5-2-1-3-11(13)4-6-15/h11-12,15H,1-9H2. The summed E-state index contributed by atoms with van der Waals surface area (Å²) in [5.41, 5.74) is -0.351. The van der Waals surface area contributed by atoms with E-state index in [2.05, 4.69) is 6.07 Å². The van der Waals surface area contributed by atoms with Crippen LogP contribution in [-0.4, -0.2) is 31.2 Å². The van der Waals surface area contributed by atoms with Crippen LogP contribution in [0.2, 0.25) is 0 Å². The molecule has 2 unspecified atom stereocenters. The van der Waals surface area contributed by atoms with Crippen molar-refractivity contribution < 1.29 is 14.6 Å². The summed E-state index contributed by atoms with van der Waals surface area (Å²) in [6, 6.07) is 2.51. The lowest BCUT2D eigenvalue weighted by Crippen LogP contribution is -2.36. The molecule has 0 spiro atoms. The Morgan fingerprint density at radius 2 is 2.06 bits per heavy atom. The maximum absolute atomic E-state index is 9.56. The molecule has 0 radical (unpaired) electrons. The van der Waals surface area contributed by atoms with Gasteiger partial charge in [0.05, 0.1) is 24.7 Å². The molecule has 1 saturated carbocycles. The van der Waals surface area contributed by atoms with Crippen molar-refractivity contribution in [1.82, 2.24) is 0 Å². The van der Waals surface area contributed by atoms with Crippen LogP contribution in [0, 0.1) is 22.7 Å². The minimum Gasteiger partial charge on any atom is -0.396 e. The number of aliphatic hydroxyl groups is 1. The number of hydrogen-bond acceptors (Lipinski definition) is 4. The van der Waals surface area contributed by atoms with Gasteiger partial charge in [0, 0.05) is 13.0 Å². The smallest absolute Gasteiger partial charge is 0.159 e. The van der Waals surface area contributed by atoms with E-state index >= 15 is 0 Å². The van der Waals surface area contributed by atoms with Crippen LogP contribution in [0.5, 0.6) is 0 Å². The highest BCUT2D eigenvalue weighted by atomic mass is 16.7. The van der Waals surface area contributed by atoms with Crippen LogP contribution in [0.3, 0.4) is 0 Å². The van der Waals surface area contributed by atoms with Gasteiger partial charge >= 0.3 is 0 Å². The molecule has 0 aromatic rings. The Kier molecular flexibility index (Phi) is 4.38. The monoisotopic (exact) mass is 239 g/mol. The van der Waals surface area contributed by atoms with Crippen molar-refractivity contribution in [2.45, 2.75) is 44.8 Å². The van der Waals surface area contributed by atoms with Crippen molar-refractivity contribution in [2.24, 2.45) is 11.3 Å². The van der Waals surface area contributed by atoms with Crippen molar-refractivity contribution in [3.63, 3.8) is 0 Å². The second kappa shape index (κ2) is 5.81. The second-order valence-corrected chi connectivity index (χ2v) is 5.10. The molecule has 2 atom stereocenters. The van der Waals surface area contributed by atoms with Gasteiger partial charge in [0.2, 0.25) is 0 Å². The number of hydrogen-bond donors (Lipinski definition) is 1.